The smallest absolute Gasteiger partial charge is 0.315 e. The van der Waals surface area contributed by atoms with Gasteiger partial charge in [0.15, 0.2) is 0 Å². The number of rotatable bonds is 5. The van der Waals surface area contributed by atoms with Crippen molar-refractivity contribution in [2.45, 2.75) is 32.6 Å². The summed E-state index contributed by atoms with van der Waals surface area (Å²) in [6.07, 6.45) is 4.46. The number of hydrogen-bond acceptors (Lipinski definition) is 3. The summed E-state index contributed by atoms with van der Waals surface area (Å²) < 4.78 is 5.44. The zero-order valence-electron chi connectivity index (χ0n) is 11.7. The van der Waals surface area contributed by atoms with Gasteiger partial charge in [0.2, 0.25) is 0 Å². The Bertz CT molecular complexity index is 391. The van der Waals surface area contributed by atoms with E-state index in [9.17, 15) is 4.79 Å². The van der Waals surface area contributed by atoms with Crippen LogP contribution < -0.4 is 4.74 Å². The quantitative estimate of drug-likeness (QED) is 0.602. The summed E-state index contributed by atoms with van der Waals surface area (Å²) >= 11 is 0. The maximum absolute atomic E-state index is 12.1. The van der Waals surface area contributed by atoms with Crippen molar-refractivity contribution >= 4 is 5.97 Å². The lowest BCUT2D eigenvalue weighted by atomic mass is 9.98. The molecule has 0 spiro atoms. The molecule has 0 aromatic heterocycles. The van der Waals surface area contributed by atoms with Crippen LogP contribution in [0.1, 0.15) is 32.6 Å². The molecule has 1 aliphatic heterocycles. The highest BCUT2D eigenvalue weighted by molar-refractivity contribution is 5.75. The normalized spacial score (nSPS) is 20.2. The number of ether oxygens (including phenoxy) is 1. The molecule has 0 N–H and O–H groups in total. The first-order valence-corrected chi connectivity index (χ1v) is 7.28. The van der Waals surface area contributed by atoms with Gasteiger partial charge in [0.05, 0.1) is 5.92 Å². The summed E-state index contributed by atoms with van der Waals surface area (Å²) in [4.78, 5) is 14.5. The molecule has 2 rings (SSSR count). The molecule has 0 amide bonds. The number of nitrogens with zero attached hydrogens (tertiary/aromatic N) is 1. The third kappa shape index (κ3) is 4.35. The van der Waals surface area contributed by atoms with Crippen LogP contribution in [0.2, 0.25) is 0 Å². The molecule has 1 aromatic rings. The van der Waals surface area contributed by atoms with Gasteiger partial charge in [-0.25, -0.2) is 0 Å². The molecule has 1 unspecified atom stereocenters. The van der Waals surface area contributed by atoms with E-state index in [1.807, 2.05) is 30.3 Å². The average Bonchev–Trinajstić information content (AvgIpc) is 2.46. The Morgan fingerprint density at radius 2 is 2.16 bits per heavy atom. The van der Waals surface area contributed by atoms with Gasteiger partial charge in [-0.3, -0.25) is 4.79 Å². The molecule has 1 heterocycles. The molecule has 104 valence electrons. The zero-order valence-corrected chi connectivity index (χ0v) is 11.7. The fraction of sp³-hybridized carbons (Fsp3) is 0.562. The van der Waals surface area contributed by atoms with Crippen LogP contribution in [0.3, 0.4) is 0 Å². The van der Waals surface area contributed by atoms with E-state index in [-0.39, 0.29) is 11.9 Å². The fourth-order valence-electron chi connectivity index (χ4n) is 2.52. The predicted octanol–water partition coefficient (Wildman–Crippen LogP) is 3.10. The molecule has 3 heteroatoms. The Hall–Kier alpha value is -1.35. The first-order chi connectivity index (χ1) is 9.29. The first kappa shape index (κ1) is 14.1. The summed E-state index contributed by atoms with van der Waals surface area (Å²) in [5.41, 5.74) is 0. The van der Waals surface area contributed by atoms with Gasteiger partial charge >= 0.3 is 5.97 Å². The van der Waals surface area contributed by atoms with E-state index < -0.39 is 0 Å². The minimum Gasteiger partial charge on any atom is -0.426 e. The average molecular weight is 261 g/mol. The highest BCUT2D eigenvalue weighted by atomic mass is 16.5. The van der Waals surface area contributed by atoms with E-state index in [2.05, 4.69) is 11.8 Å². The number of unbranched alkanes of at least 4 members (excludes halogenated alkanes) is 1. The van der Waals surface area contributed by atoms with E-state index in [4.69, 9.17) is 4.74 Å². The molecular weight excluding hydrogens is 238 g/mol. The molecule has 1 fully saturated rings. The summed E-state index contributed by atoms with van der Waals surface area (Å²) in [6.45, 7) is 5.28. The highest BCUT2D eigenvalue weighted by Crippen LogP contribution is 2.20. The summed E-state index contributed by atoms with van der Waals surface area (Å²) in [7, 11) is 0. The molecule has 19 heavy (non-hydrogen) atoms. The van der Waals surface area contributed by atoms with Gasteiger partial charge in [0, 0.05) is 6.54 Å². The topological polar surface area (TPSA) is 29.5 Å². The third-order valence-electron chi connectivity index (χ3n) is 3.63. The van der Waals surface area contributed by atoms with Gasteiger partial charge in [-0.05, 0) is 44.5 Å². The van der Waals surface area contributed by atoms with Crippen LogP contribution in [0.5, 0.6) is 5.75 Å². The lowest BCUT2D eigenvalue weighted by Gasteiger charge is -2.31. The number of carbonyl (C=O) groups excluding carboxylic acids is 1. The predicted molar refractivity (Wildman–Crippen MR) is 76.1 cm³/mol. The molecule has 0 aliphatic carbocycles. The van der Waals surface area contributed by atoms with Crippen molar-refractivity contribution in [3.63, 3.8) is 0 Å². The summed E-state index contributed by atoms with van der Waals surface area (Å²) in [6, 6.07) is 9.35. The van der Waals surface area contributed by atoms with E-state index >= 15 is 0 Å². The SMILES string of the molecule is CCCCN1CCCC(C(=O)Oc2ccccc2)C1. The number of carbonyl (C=O) groups is 1. The number of likely N-dealkylation sites (tertiary alicyclic amines) is 1. The Balaban J connectivity index is 1.85. The first-order valence-electron chi connectivity index (χ1n) is 7.28. The van der Waals surface area contributed by atoms with Crippen LogP contribution in [-0.4, -0.2) is 30.5 Å². The molecule has 0 saturated carbocycles. The van der Waals surface area contributed by atoms with Crippen molar-refractivity contribution in [3.05, 3.63) is 30.3 Å². The summed E-state index contributed by atoms with van der Waals surface area (Å²) in [5, 5.41) is 0. The second-order valence-electron chi connectivity index (χ2n) is 5.23. The standard InChI is InChI=1S/C16H23NO2/c1-2-3-11-17-12-7-8-14(13-17)16(18)19-15-9-5-4-6-10-15/h4-6,9-10,14H,2-3,7-8,11-13H2,1H3. The monoisotopic (exact) mass is 261 g/mol. The van der Waals surface area contributed by atoms with Crippen LogP contribution in [-0.2, 0) is 4.79 Å². The van der Waals surface area contributed by atoms with E-state index in [1.165, 1.54) is 12.8 Å². The Morgan fingerprint density at radius 3 is 2.89 bits per heavy atom. The van der Waals surface area contributed by atoms with Crippen molar-refractivity contribution in [2.24, 2.45) is 5.92 Å². The molecular formula is C16H23NO2. The number of para-hydroxylation sites is 1. The lowest BCUT2D eigenvalue weighted by molar-refractivity contribution is -0.140. The zero-order chi connectivity index (χ0) is 13.5. The van der Waals surface area contributed by atoms with E-state index in [0.29, 0.717) is 5.75 Å². The molecule has 1 aromatic carbocycles. The van der Waals surface area contributed by atoms with E-state index in [1.54, 1.807) is 0 Å². The van der Waals surface area contributed by atoms with Crippen molar-refractivity contribution in [3.8, 4) is 5.75 Å². The Morgan fingerprint density at radius 1 is 1.37 bits per heavy atom. The number of piperidine rings is 1. The fourth-order valence-corrected chi connectivity index (χ4v) is 2.52. The maximum Gasteiger partial charge on any atom is 0.315 e. The molecule has 0 radical (unpaired) electrons. The number of esters is 1. The second-order valence-corrected chi connectivity index (χ2v) is 5.23. The van der Waals surface area contributed by atoms with Crippen LogP contribution in [0.15, 0.2) is 30.3 Å². The minimum absolute atomic E-state index is 0.0332. The van der Waals surface area contributed by atoms with Gasteiger partial charge in [-0.15, -0.1) is 0 Å². The van der Waals surface area contributed by atoms with Crippen molar-refractivity contribution in [2.75, 3.05) is 19.6 Å². The maximum atomic E-state index is 12.1. The minimum atomic E-state index is -0.0765. The van der Waals surface area contributed by atoms with Crippen molar-refractivity contribution < 1.29 is 9.53 Å². The van der Waals surface area contributed by atoms with Crippen molar-refractivity contribution in [1.82, 2.24) is 4.90 Å². The largest absolute Gasteiger partial charge is 0.426 e. The second kappa shape index (κ2) is 7.29. The van der Waals surface area contributed by atoms with Gasteiger partial charge < -0.3 is 9.64 Å². The molecule has 3 nitrogen and oxygen atoms in total. The molecule has 0 bridgehead atoms. The van der Waals surface area contributed by atoms with Crippen LogP contribution >= 0.6 is 0 Å². The molecule has 1 aliphatic rings. The van der Waals surface area contributed by atoms with Gasteiger partial charge in [0.1, 0.15) is 5.75 Å². The van der Waals surface area contributed by atoms with Gasteiger partial charge in [-0.2, -0.15) is 0 Å². The third-order valence-corrected chi connectivity index (χ3v) is 3.63. The van der Waals surface area contributed by atoms with Gasteiger partial charge in [-0.1, -0.05) is 31.5 Å². The molecule has 1 atom stereocenters. The van der Waals surface area contributed by atoms with Gasteiger partial charge in [0.25, 0.3) is 0 Å². The van der Waals surface area contributed by atoms with Crippen molar-refractivity contribution in [1.29, 1.82) is 0 Å². The van der Waals surface area contributed by atoms with Crippen LogP contribution in [0, 0.1) is 5.92 Å². The molecule has 1 saturated heterocycles. The highest BCUT2D eigenvalue weighted by Gasteiger charge is 2.26. The Labute approximate surface area is 115 Å². The van der Waals surface area contributed by atoms with Crippen LogP contribution in [0.25, 0.3) is 0 Å². The number of hydrogen-bond donors (Lipinski definition) is 0. The lowest BCUT2D eigenvalue weighted by Crippen LogP contribution is -2.40. The summed E-state index contributed by atoms with van der Waals surface area (Å²) in [5.74, 6) is 0.608. The van der Waals surface area contributed by atoms with E-state index in [0.717, 1.165) is 32.5 Å². The Kier molecular flexibility index (Phi) is 5.40. The van der Waals surface area contributed by atoms with Crippen LogP contribution in [0.4, 0.5) is 0 Å². The number of benzene rings is 1.